The smallest absolute Gasteiger partial charge is 1.00 e. The maximum atomic E-state index is 3.92. The van der Waals surface area contributed by atoms with E-state index in [1.54, 1.807) is 0 Å². The molecule has 2 aliphatic rings. The first-order valence-electron chi connectivity index (χ1n) is 14.9. The third-order valence-electron chi connectivity index (χ3n) is 8.59. The van der Waals surface area contributed by atoms with Crippen molar-refractivity contribution in [1.29, 1.82) is 0 Å². The van der Waals surface area contributed by atoms with E-state index in [9.17, 15) is 0 Å². The average Bonchev–Trinajstić information content (AvgIpc) is 3.57. The largest absolute Gasteiger partial charge is 3.00 e. The molecule has 0 N–H and O–H groups in total. The SMILES string of the molecule is Cc1ccc(C(c2ccc(C)cc2)=c2c(C(C)(C)C)cc3c(c2C2=CC=CC2)[C-]=c2ccc(C(C)(C)C)cc2=3)cc1.[Cl-].[Cl-].[Zr+3]. The molecule has 1 radical (unpaired) electrons. The second kappa shape index (κ2) is 13.5. The molecule has 0 fully saturated rings. The van der Waals surface area contributed by atoms with Crippen LogP contribution in [0.3, 0.4) is 0 Å². The molecule has 223 valence electrons. The molecular formula is C41H41Cl2Zr. The van der Waals surface area contributed by atoms with Crippen molar-refractivity contribution < 1.29 is 51.0 Å². The molecule has 0 nitrogen and oxygen atoms in total. The Morgan fingerprint density at radius 3 is 1.73 bits per heavy atom. The number of fused-ring (bicyclic) bond motifs is 2. The molecule has 0 aromatic heterocycles. The average molecular weight is 696 g/mol. The van der Waals surface area contributed by atoms with Crippen LogP contribution < -0.4 is 35.3 Å². The van der Waals surface area contributed by atoms with Gasteiger partial charge in [-0.05, 0) is 58.6 Å². The van der Waals surface area contributed by atoms with Crippen molar-refractivity contribution in [2.24, 2.45) is 0 Å². The maximum absolute atomic E-state index is 3.92. The first kappa shape index (κ1) is 36.0. The summed E-state index contributed by atoms with van der Waals surface area (Å²) < 4.78 is 0. The van der Waals surface area contributed by atoms with Crippen LogP contribution in [0.15, 0.2) is 91.0 Å². The molecule has 0 amide bonds. The third kappa shape index (κ3) is 6.72. The van der Waals surface area contributed by atoms with E-state index in [1.165, 1.54) is 76.5 Å². The first-order chi connectivity index (χ1) is 19.4. The van der Waals surface area contributed by atoms with Gasteiger partial charge in [0.25, 0.3) is 0 Å². The fourth-order valence-electron chi connectivity index (χ4n) is 6.20. The van der Waals surface area contributed by atoms with Gasteiger partial charge < -0.3 is 24.8 Å². The minimum Gasteiger partial charge on any atom is -1.00 e. The maximum Gasteiger partial charge on any atom is 3.00 e. The zero-order chi connectivity index (χ0) is 29.1. The normalized spacial score (nSPS) is 13.0. The van der Waals surface area contributed by atoms with Gasteiger partial charge in [-0.1, -0.05) is 154 Å². The van der Waals surface area contributed by atoms with Crippen LogP contribution in [0.5, 0.6) is 0 Å². The number of hydrogen-bond acceptors (Lipinski definition) is 0. The van der Waals surface area contributed by atoms with Crippen LogP contribution in [0, 0.1) is 24.3 Å². The standard InChI is InChI=1S/C41H41.2ClH.Zr/c1-26-13-17-29(18-14-26)37(30-19-15-27(2)16-20-30)39-36(41(6,7)8)25-34-33-24-32(40(3,4)5)22-21-31(33)23-35(34)38(39)28-11-9-10-12-28;;;/h9-11,13-22,24-25H,12H2,1-8H3;2*1H;/q-1;;;+3/p-2. The van der Waals surface area contributed by atoms with Crippen molar-refractivity contribution >= 4 is 17.2 Å². The van der Waals surface area contributed by atoms with E-state index in [4.69, 9.17) is 0 Å². The quantitative estimate of drug-likeness (QED) is 0.255. The van der Waals surface area contributed by atoms with Crippen molar-refractivity contribution in [3.8, 4) is 0 Å². The Kier molecular flexibility index (Phi) is 11.1. The van der Waals surface area contributed by atoms with E-state index in [0.717, 1.165) is 6.42 Å². The number of halogens is 2. The summed E-state index contributed by atoms with van der Waals surface area (Å²) >= 11 is 0. The van der Waals surface area contributed by atoms with Gasteiger partial charge in [-0.15, -0.1) is 33.4 Å². The van der Waals surface area contributed by atoms with Crippen molar-refractivity contribution in [3.63, 3.8) is 0 Å². The Hall–Kier alpha value is -2.44. The summed E-state index contributed by atoms with van der Waals surface area (Å²) in [6.07, 6.45) is 11.7. The molecule has 44 heavy (non-hydrogen) atoms. The van der Waals surface area contributed by atoms with Gasteiger partial charge in [0.2, 0.25) is 0 Å². The van der Waals surface area contributed by atoms with E-state index >= 15 is 0 Å². The van der Waals surface area contributed by atoms with Crippen molar-refractivity contribution in [1.82, 2.24) is 0 Å². The number of aryl methyl sites for hydroxylation is 2. The van der Waals surface area contributed by atoms with Crippen molar-refractivity contribution in [2.75, 3.05) is 0 Å². The summed E-state index contributed by atoms with van der Waals surface area (Å²) in [5.41, 5.74) is 13.1. The molecule has 0 atom stereocenters. The van der Waals surface area contributed by atoms with Gasteiger partial charge in [-0.2, -0.15) is 0 Å². The first-order valence-corrected chi connectivity index (χ1v) is 14.9. The van der Waals surface area contributed by atoms with Crippen molar-refractivity contribution in [3.05, 3.63) is 156 Å². The van der Waals surface area contributed by atoms with Crippen LogP contribution in [0.1, 0.15) is 92.5 Å². The van der Waals surface area contributed by atoms with Gasteiger partial charge in [0, 0.05) is 0 Å². The van der Waals surface area contributed by atoms with Crippen molar-refractivity contribution in [2.45, 2.75) is 72.6 Å². The van der Waals surface area contributed by atoms with E-state index in [-0.39, 0.29) is 61.8 Å². The van der Waals surface area contributed by atoms with E-state index in [1.807, 2.05) is 0 Å². The summed E-state index contributed by atoms with van der Waals surface area (Å²) in [5, 5.41) is 5.17. The van der Waals surface area contributed by atoms with Gasteiger partial charge in [-0.25, -0.2) is 0 Å². The number of benzene rings is 4. The molecule has 0 heterocycles. The van der Waals surface area contributed by atoms with Gasteiger partial charge >= 0.3 is 26.2 Å². The molecular weight excluding hydrogens is 655 g/mol. The predicted molar refractivity (Wildman–Crippen MR) is 175 cm³/mol. The number of rotatable bonds is 3. The molecule has 4 aromatic rings. The molecule has 0 bridgehead atoms. The van der Waals surface area contributed by atoms with Crippen LogP contribution in [0.25, 0.3) is 17.2 Å². The second-order valence-electron chi connectivity index (χ2n) is 13.9. The van der Waals surface area contributed by atoms with Crippen LogP contribution in [0.4, 0.5) is 0 Å². The van der Waals surface area contributed by atoms with Gasteiger partial charge in [0.1, 0.15) is 0 Å². The van der Waals surface area contributed by atoms with E-state index in [0.29, 0.717) is 0 Å². The molecule has 6 rings (SSSR count). The predicted octanol–water partition coefficient (Wildman–Crippen LogP) is 2.80. The molecule has 0 aliphatic heterocycles. The Labute approximate surface area is 295 Å². The number of hydrogen-bond donors (Lipinski definition) is 0. The molecule has 0 unspecified atom stereocenters. The van der Waals surface area contributed by atoms with Crippen LogP contribution in [0.2, 0.25) is 0 Å². The molecule has 0 spiro atoms. The minimum atomic E-state index is -0.0727. The van der Waals surface area contributed by atoms with Crippen LogP contribution >= 0.6 is 0 Å². The Morgan fingerprint density at radius 1 is 0.682 bits per heavy atom. The molecule has 4 aromatic carbocycles. The zero-order valence-corrected chi connectivity index (χ0v) is 31.1. The minimum absolute atomic E-state index is 0. The summed E-state index contributed by atoms with van der Waals surface area (Å²) in [5.74, 6) is 0. The Balaban J connectivity index is 0.00000176. The van der Waals surface area contributed by atoms with E-state index < -0.39 is 0 Å². The monoisotopic (exact) mass is 693 g/mol. The third-order valence-corrected chi connectivity index (χ3v) is 8.59. The molecule has 2 aliphatic carbocycles. The summed E-state index contributed by atoms with van der Waals surface area (Å²) in [4.78, 5) is 0. The summed E-state index contributed by atoms with van der Waals surface area (Å²) in [6.45, 7) is 18.3. The Morgan fingerprint density at radius 2 is 1.25 bits per heavy atom. The summed E-state index contributed by atoms with van der Waals surface area (Å²) in [6, 6.07) is 27.6. The molecule has 0 saturated heterocycles. The fraction of sp³-hybridized carbons (Fsp3) is 0.268. The van der Waals surface area contributed by atoms with Gasteiger partial charge in [0.05, 0.1) is 0 Å². The number of allylic oxidation sites excluding steroid dienone is 4. The van der Waals surface area contributed by atoms with Crippen LogP contribution in [-0.4, -0.2) is 0 Å². The zero-order valence-electron chi connectivity index (χ0n) is 27.1. The van der Waals surface area contributed by atoms with Gasteiger partial charge in [-0.3, -0.25) is 0 Å². The van der Waals surface area contributed by atoms with Gasteiger partial charge in [0.15, 0.2) is 0 Å². The fourth-order valence-corrected chi connectivity index (χ4v) is 6.20. The Bertz CT molecular complexity index is 1920. The topological polar surface area (TPSA) is 0 Å². The second-order valence-corrected chi connectivity index (χ2v) is 13.9. The van der Waals surface area contributed by atoms with E-state index in [2.05, 4.69) is 152 Å². The molecule has 3 heteroatoms. The molecule has 0 saturated carbocycles. The van der Waals surface area contributed by atoms with Crippen LogP contribution in [-0.2, 0) is 37.0 Å². The summed E-state index contributed by atoms with van der Waals surface area (Å²) in [7, 11) is 0.